The van der Waals surface area contributed by atoms with Crippen LogP contribution in [0.25, 0.3) is 0 Å². The SMILES string of the molecule is O=C(CC(=O)N[C@H]1CCOC1=O)Cc1ccc(F)cc1. The van der Waals surface area contributed by atoms with E-state index in [9.17, 15) is 18.8 Å². The van der Waals surface area contributed by atoms with Crippen LogP contribution >= 0.6 is 0 Å². The summed E-state index contributed by atoms with van der Waals surface area (Å²) < 4.78 is 17.4. The summed E-state index contributed by atoms with van der Waals surface area (Å²) >= 11 is 0. The van der Waals surface area contributed by atoms with E-state index < -0.39 is 17.9 Å². The number of rotatable bonds is 5. The van der Waals surface area contributed by atoms with E-state index in [1.807, 2.05) is 0 Å². The molecule has 0 bridgehead atoms. The highest BCUT2D eigenvalue weighted by atomic mass is 19.1. The number of carbonyl (C=O) groups excluding carboxylic acids is 3. The van der Waals surface area contributed by atoms with Gasteiger partial charge in [-0.15, -0.1) is 0 Å². The van der Waals surface area contributed by atoms with Crippen LogP contribution in [0.5, 0.6) is 0 Å². The summed E-state index contributed by atoms with van der Waals surface area (Å²) in [4.78, 5) is 34.5. The Hall–Kier alpha value is -2.24. The number of cyclic esters (lactones) is 1. The predicted molar refractivity (Wildman–Crippen MR) is 67.2 cm³/mol. The van der Waals surface area contributed by atoms with Gasteiger partial charge in [0, 0.05) is 12.8 Å². The van der Waals surface area contributed by atoms with Crippen LogP contribution in [0.15, 0.2) is 24.3 Å². The van der Waals surface area contributed by atoms with E-state index in [1.54, 1.807) is 0 Å². The van der Waals surface area contributed by atoms with Gasteiger partial charge in [0.25, 0.3) is 0 Å². The number of halogens is 1. The lowest BCUT2D eigenvalue weighted by molar-refractivity contribution is -0.141. The number of nitrogens with one attached hydrogen (secondary N) is 1. The van der Waals surface area contributed by atoms with Gasteiger partial charge in [0.15, 0.2) is 0 Å². The van der Waals surface area contributed by atoms with Crippen molar-refractivity contribution in [2.24, 2.45) is 0 Å². The molecule has 1 atom stereocenters. The molecule has 1 fully saturated rings. The molecule has 1 aromatic rings. The molecule has 0 radical (unpaired) electrons. The van der Waals surface area contributed by atoms with Gasteiger partial charge in [-0.2, -0.15) is 0 Å². The first-order chi connectivity index (χ1) is 9.54. The summed E-state index contributed by atoms with van der Waals surface area (Å²) in [6, 6.07) is 4.87. The molecule has 1 aromatic carbocycles. The fourth-order valence-electron chi connectivity index (χ4n) is 1.94. The molecule has 0 saturated carbocycles. The minimum Gasteiger partial charge on any atom is -0.464 e. The Morgan fingerprint density at radius 1 is 1.30 bits per heavy atom. The highest BCUT2D eigenvalue weighted by Crippen LogP contribution is 2.07. The van der Waals surface area contributed by atoms with Crippen LogP contribution in [0.3, 0.4) is 0 Å². The predicted octanol–water partition coefficient (Wildman–Crippen LogP) is 0.759. The molecule has 0 unspecified atom stereocenters. The lowest BCUT2D eigenvalue weighted by atomic mass is 10.1. The second kappa shape index (κ2) is 6.27. The van der Waals surface area contributed by atoms with E-state index in [0.29, 0.717) is 12.0 Å². The van der Waals surface area contributed by atoms with E-state index in [0.717, 1.165) is 0 Å². The first-order valence-electron chi connectivity index (χ1n) is 6.27. The number of amides is 1. The number of hydrogen-bond donors (Lipinski definition) is 1. The molecule has 5 nitrogen and oxygen atoms in total. The molecule has 0 aromatic heterocycles. The fraction of sp³-hybridized carbons (Fsp3) is 0.357. The van der Waals surface area contributed by atoms with Gasteiger partial charge in [0.1, 0.15) is 17.6 Å². The molecule has 0 spiro atoms. The third-order valence-electron chi connectivity index (χ3n) is 2.94. The van der Waals surface area contributed by atoms with Gasteiger partial charge in [-0.25, -0.2) is 9.18 Å². The van der Waals surface area contributed by atoms with Crippen LogP contribution in [-0.2, 0) is 25.5 Å². The van der Waals surface area contributed by atoms with Gasteiger partial charge >= 0.3 is 5.97 Å². The smallest absolute Gasteiger partial charge is 0.328 e. The van der Waals surface area contributed by atoms with Crippen molar-refractivity contribution in [2.75, 3.05) is 6.61 Å². The van der Waals surface area contributed by atoms with Crippen molar-refractivity contribution in [3.63, 3.8) is 0 Å². The molecule has 1 N–H and O–H groups in total. The Morgan fingerprint density at radius 3 is 2.60 bits per heavy atom. The summed E-state index contributed by atoms with van der Waals surface area (Å²) in [6.07, 6.45) is 0.181. The quantitative estimate of drug-likeness (QED) is 0.638. The van der Waals surface area contributed by atoms with E-state index >= 15 is 0 Å². The van der Waals surface area contributed by atoms with Gasteiger partial charge in [-0.05, 0) is 17.7 Å². The largest absolute Gasteiger partial charge is 0.464 e. The first-order valence-corrected chi connectivity index (χ1v) is 6.27. The summed E-state index contributed by atoms with van der Waals surface area (Å²) in [5, 5.41) is 2.46. The minimum atomic E-state index is -0.652. The van der Waals surface area contributed by atoms with Crippen LogP contribution in [0.4, 0.5) is 4.39 Å². The Kier molecular flexibility index (Phi) is 4.45. The zero-order chi connectivity index (χ0) is 14.5. The van der Waals surface area contributed by atoms with Crippen molar-refractivity contribution >= 4 is 17.7 Å². The van der Waals surface area contributed by atoms with Crippen LogP contribution in [-0.4, -0.2) is 30.3 Å². The Labute approximate surface area is 115 Å². The zero-order valence-electron chi connectivity index (χ0n) is 10.7. The maximum Gasteiger partial charge on any atom is 0.328 e. The van der Waals surface area contributed by atoms with E-state index in [2.05, 4.69) is 5.32 Å². The molecular weight excluding hydrogens is 265 g/mol. The topological polar surface area (TPSA) is 72.5 Å². The van der Waals surface area contributed by atoms with E-state index in [1.165, 1.54) is 24.3 Å². The molecule has 1 aliphatic heterocycles. The first kappa shape index (κ1) is 14.2. The van der Waals surface area contributed by atoms with Crippen molar-refractivity contribution in [1.29, 1.82) is 0 Å². The Morgan fingerprint density at radius 2 is 2.00 bits per heavy atom. The third kappa shape index (κ3) is 3.88. The van der Waals surface area contributed by atoms with Gasteiger partial charge in [-0.1, -0.05) is 12.1 Å². The second-order valence-electron chi connectivity index (χ2n) is 4.59. The summed E-state index contributed by atoms with van der Waals surface area (Å²) in [7, 11) is 0. The molecule has 1 saturated heterocycles. The van der Waals surface area contributed by atoms with E-state index in [4.69, 9.17) is 4.74 Å². The molecule has 2 rings (SSSR count). The Bertz CT molecular complexity index is 526. The van der Waals surface area contributed by atoms with E-state index in [-0.39, 0.29) is 31.0 Å². The molecule has 6 heteroatoms. The second-order valence-corrected chi connectivity index (χ2v) is 4.59. The third-order valence-corrected chi connectivity index (χ3v) is 2.94. The monoisotopic (exact) mass is 279 g/mol. The number of ketones is 1. The maximum atomic E-state index is 12.7. The summed E-state index contributed by atoms with van der Waals surface area (Å²) in [6.45, 7) is 0.285. The van der Waals surface area contributed by atoms with Crippen molar-refractivity contribution < 1.29 is 23.5 Å². The summed E-state index contributed by atoms with van der Waals surface area (Å²) in [5.41, 5.74) is 0.643. The molecule has 0 aliphatic carbocycles. The van der Waals surface area contributed by atoms with Crippen LogP contribution in [0.1, 0.15) is 18.4 Å². The fourth-order valence-corrected chi connectivity index (χ4v) is 1.94. The molecule has 1 amide bonds. The standard InChI is InChI=1S/C14H14FNO4/c15-10-3-1-9(2-4-10)7-11(17)8-13(18)16-12-5-6-20-14(12)19/h1-4,12H,5-8H2,(H,16,18)/t12-/m0/s1. The Balaban J connectivity index is 1.80. The number of esters is 1. The van der Waals surface area contributed by atoms with Crippen LogP contribution in [0.2, 0.25) is 0 Å². The zero-order valence-corrected chi connectivity index (χ0v) is 10.7. The lowest BCUT2D eigenvalue weighted by Crippen LogP contribution is -2.38. The van der Waals surface area contributed by atoms with Crippen molar-refractivity contribution in [3.05, 3.63) is 35.6 Å². The van der Waals surface area contributed by atoms with Gasteiger partial charge < -0.3 is 10.1 Å². The molecule has 1 aliphatic rings. The number of benzene rings is 1. The molecule has 106 valence electrons. The molecular formula is C14H14FNO4. The van der Waals surface area contributed by atoms with Gasteiger partial charge in [0.2, 0.25) is 5.91 Å². The van der Waals surface area contributed by atoms with Crippen molar-refractivity contribution in [1.82, 2.24) is 5.32 Å². The van der Waals surface area contributed by atoms with Crippen LogP contribution < -0.4 is 5.32 Å². The number of hydrogen-bond acceptors (Lipinski definition) is 4. The molecule has 1 heterocycles. The van der Waals surface area contributed by atoms with Crippen LogP contribution in [0, 0.1) is 5.82 Å². The number of carbonyl (C=O) groups is 3. The molecule has 20 heavy (non-hydrogen) atoms. The van der Waals surface area contributed by atoms with Crippen molar-refractivity contribution in [3.8, 4) is 0 Å². The number of Topliss-reactive ketones (excluding diaryl/α,β-unsaturated/α-hetero) is 1. The summed E-state index contributed by atoms with van der Waals surface area (Å²) in [5.74, 6) is -1.63. The van der Waals surface area contributed by atoms with Gasteiger partial charge in [0.05, 0.1) is 13.0 Å². The average molecular weight is 279 g/mol. The lowest BCUT2D eigenvalue weighted by Gasteiger charge is -2.08. The maximum absolute atomic E-state index is 12.7. The number of ether oxygens (including phenoxy) is 1. The normalized spacial score (nSPS) is 17.6. The minimum absolute atomic E-state index is 0.0583. The highest BCUT2D eigenvalue weighted by molar-refractivity contribution is 6.00. The van der Waals surface area contributed by atoms with Gasteiger partial charge in [-0.3, -0.25) is 9.59 Å². The average Bonchev–Trinajstić information content (AvgIpc) is 2.77. The van der Waals surface area contributed by atoms with Crippen molar-refractivity contribution in [2.45, 2.75) is 25.3 Å². The highest BCUT2D eigenvalue weighted by Gasteiger charge is 2.28.